The van der Waals surface area contributed by atoms with E-state index in [1.807, 2.05) is 0 Å². The molecule has 0 bridgehead atoms. The van der Waals surface area contributed by atoms with E-state index >= 15 is 0 Å². The SMILES string of the molecule is COc1c(F)cc(Br)cc1C=O. The number of methoxy groups -OCH3 is 1. The first-order valence-electron chi connectivity index (χ1n) is 3.17. The molecule has 1 rings (SSSR count). The monoisotopic (exact) mass is 232 g/mol. The molecule has 0 saturated carbocycles. The van der Waals surface area contributed by atoms with Gasteiger partial charge < -0.3 is 4.74 Å². The number of benzene rings is 1. The van der Waals surface area contributed by atoms with Crippen LogP contribution in [0.25, 0.3) is 0 Å². The van der Waals surface area contributed by atoms with Gasteiger partial charge in [0.05, 0.1) is 12.7 Å². The lowest BCUT2D eigenvalue weighted by Gasteiger charge is -2.04. The van der Waals surface area contributed by atoms with Gasteiger partial charge in [-0.1, -0.05) is 15.9 Å². The number of hydrogen-bond donors (Lipinski definition) is 0. The van der Waals surface area contributed by atoms with Gasteiger partial charge in [-0.3, -0.25) is 4.79 Å². The highest BCUT2D eigenvalue weighted by Crippen LogP contribution is 2.25. The van der Waals surface area contributed by atoms with E-state index in [0.29, 0.717) is 10.8 Å². The number of hydrogen-bond acceptors (Lipinski definition) is 2. The van der Waals surface area contributed by atoms with Crippen molar-refractivity contribution in [1.29, 1.82) is 0 Å². The molecule has 0 radical (unpaired) electrons. The molecule has 0 amide bonds. The maximum atomic E-state index is 13.0. The third kappa shape index (κ3) is 1.64. The Bertz CT molecular complexity index is 312. The Kier molecular flexibility index (Phi) is 2.81. The zero-order chi connectivity index (χ0) is 9.14. The standard InChI is InChI=1S/C8H6BrFO2/c1-12-8-5(4-11)2-6(9)3-7(8)10/h2-4H,1H3. The van der Waals surface area contributed by atoms with Gasteiger partial charge >= 0.3 is 0 Å². The van der Waals surface area contributed by atoms with Crippen LogP contribution in [0.4, 0.5) is 4.39 Å². The number of rotatable bonds is 2. The second-order valence-electron chi connectivity index (χ2n) is 2.13. The molecular weight excluding hydrogens is 227 g/mol. The maximum absolute atomic E-state index is 13.0. The van der Waals surface area contributed by atoms with E-state index in [4.69, 9.17) is 4.74 Å². The van der Waals surface area contributed by atoms with E-state index < -0.39 is 5.82 Å². The van der Waals surface area contributed by atoms with E-state index in [0.717, 1.165) is 0 Å². The van der Waals surface area contributed by atoms with Crippen molar-refractivity contribution < 1.29 is 13.9 Å². The lowest BCUT2D eigenvalue weighted by Crippen LogP contribution is -1.94. The lowest BCUT2D eigenvalue weighted by atomic mass is 10.2. The molecule has 4 heteroatoms. The third-order valence-corrected chi connectivity index (χ3v) is 1.83. The predicted octanol–water partition coefficient (Wildman–Crippen LogP) is 2.41. The first-order chi connectivity index (χ1) is 5.69. The highest BCUT2D eigenvalue weighted by molar-refractivity contribution is 9.10. The van der Waals surface area contributed by atoms with Crippen LogP contribution < -0.4 is 4.74 Å². The van der Waals surface area contributed by atoms with Gasteiger partial charge in [0.2, 0.25) is 0 Å². The zero-order valence-electron chi connectivity index (χ0n) is 6.30. The third-order valence-electron chi connectivity index (χ3n) is 1.37. The molecule has 1 aromatic carbocycles. The van der Waals surface area contributed by atoms with Crippen molar-refractivity contribution in [3.63, 3.8) is 0 Å². The Labute approximate surface area is 77.5 Å². The fraction of sp³-hybridized carbons (Fsp3) is 0.125. The fourth-order valence-electron chi connectivity index (χ4n) is 0.883. The molecule has 0 aliphatic carbocycles. The summed E-state index contributed by atoms with van der Waals surface area (Å²) in [6.45, 7) is 0. The molecule has 12 heavy (non-hydrogen) atoms. The van der Waals surface area contributed by atoms with Crippen LogP contribution in [0.2, 0.25) is 0 Å². The van der Waals surface area contributed by atoms with E-state index in [-0.39, 0.29) is 11.3 Å². The van der Waals surface area contributed by atoms with Crippen LogP contribution in [0.15, 0.2) is 16.6 Å². The molecule has 0 aliphatic heterocycles. The number of aldehydes is 1. The van der Waals surface area contributed by atoms with Crippen LogP contribution in [0.1, 0.15) is 10.4 Å². The van der Waals surface area contributed by atoms with Crippen LogP contribution in [0, 0.1) is 5.82 Å². The van der Waals surface area contributed by atoms with Crippen molar-refractivity contribution in [3.8, 4) is 5.75 Å². The van der Waals surface area contributed by atoms with Crippen molar-refractivity contribution in [2.45, 2.75) is 0 Å². The molecule has 2 nitrogen and oxygen atoms in total. The van der Waals surface area contributed by atoms with Crippen LogP contribution in [-0.4, -0.2) is 13.4 Å². The second kappa shape index (κ2) is 3.67. The van der Waals surface area contributed by atoms with Crippen molar-refractivity contribution >= 4 is 22.2 Å². The first-order valence-corrected chi connectivity index (χ1v) is 3.96. The van der Waals surface area contributed by atoms with Gasteiger partial charge in [0.1, 0.15) is 0 Å². The van der Waals surface area contributed by atoms with E-state index in [1.165, 1.54) is 19.2 Å². The largest absolute Gasteiger partial charge is 0.493 e. The summed E-state index contributed by atoms with van der Waals surface area (Å²) < 4.78 is 18.2. The predicted molar refractivity (Wildman–Crippen MR) is 46.0 cm³/mol. The second-order valence-corrected chi connectivity index (χ2v) is 3.04. The van der Waals surface area contributed by atoms with Gasteiger partial charge in [-0.2, -0.15) is 0 Å². The van der Waals surface area contributed by atoms with Gasteiger partial charge in [-0.05, 0) is 12.1 Å². The maximum Gasteiger partial charge on any atom is 0.166 e. The molecule has 1 aromatic rings. The quantitative estimate of drug-likeness (QED) is 0.733. The minimum absolute atomic E-state index is 0.0202. The van der Waals surface area contributed by atoms with Crippen LogP contribution in [-0.2, 0) is 0 Å². The van der Waals surface area contributed by atoms with Gasteiger partial charge in [-0.15, -0.1) is 0 Å². The first kappa shape index (κ1) is 9.19. The summed E-state index contributed by atoms with van der Waals surface area (Å²) in [6.07, 6.45) is 0.548. The summed E-state index contributed by atoms with van der Waals surface area (Å²) in [5.41, 5.74) is 0.198. The topological polar surface area (TPSA) is 26.3 Å². The summed E-state index contributed by atoms with van der Waals surface area (Å²) >= 11 is 3.06. The van der Waals surface area contributed by atoms with Crippen molar-refractivity contribution in [2.75, 3.05) is 7.11 Å². The molecule has 0 aromatic heterocycles. The van der Waals surface area contributed by atoms with Crippen LogP contribution in [0.5, 0.6) is 5.75 Å². The number of carbonyl (C=O) groups excluding carboxylic acids is 1. The molecule has 0 saturated heterocycles. The Hall–Kier alpha value is -0.900. The Morgan fingerprint density at radius 2 is 2.25 bits per heavy atom. The van der Waals surface area contributed by atoms with Crippen LogP contribution >= 0.6 is 15.9 Å². The summed E-state index contributed by atoms with van der Waals surface area (Å²) in [5.74, 6) is -0.567. The number of ether oxygens (including phenoxy) is 1. The Morgan fingerprint density at radius 1 is 1.58 bits per heavy atom. The van der Waals surface area contributed by atoms with Crippen LogP contribution in [0.3, 0.4) is 0 Å². The van der Waals surface area contributed by atoms with E-state index in [2.05, 4.69) is 15.9 Å². The summed E-state index contributed by atoms with van der Waals surface area (Å²) in [6, 6.07) is 2.74. The van der Waals surface area contributed by atoms with Crippen molar-refractivity contribution in [1.82, 2.24) is 0 Å². The Morgan fingerprint density at radius 3 is 2.75 bits per heavy atom. The molecule has 0 unspecified atom stereocenters. The molecular formula is C8H6BrFO2. The van der Waals surface area contributed by atoms with E-state index in [9.17, 15) is 9.18 Å². The average Bonchev–Trinajstić information content (AvgIpc) is 2.03. The van der Waals surface area contributed by atoms with Crippen molar-refractivity contribution in [3.05, 3.63) is 28.0 Å². The Balaban J connectivity index is 3.33. The molecule has 0 heterocycles. The zero-order valence-corrected chi connectivity index (χ0v) is 7.89. The summed E-state index contributed by atoms with van der Waals surface area (Å²) in [7, 11) is 1.32. The van der Waals surface area contributed by atoms with Gasteiger partial charge in [0.15, 0.2) is 17.9 Å². The van der Waals surface area contributed by atoms with Gasteiger partial charge in [0, 0.05) is 4.47 Å². The minimum Gasteiger partial charge on any atom is -0.493 e. The minimum atomic E-state index is -0.547. The average molecular weight is 233 g/mol. The smallest absolute Gasteiger partial charge is 0.166 e. The molecule has 0 atom stereocenters. The highest BCUT2D eigenvalue weighted by Gasteiger charge is 2.09. The number of carbonyl (C=O) groups is 1. The summed E-state index contributed by atoms with van der Waals surface area (Å²) in [5, 5.41) is 0. The van der Waals surface area contributed by atoms with Crippen molar-refractivity contribution in [2.24, 2.45) is 0 Å². The molecule has 0 aliphatic rings. The molecule has 64 valence electrons. The van der Waals surface area contributed by atoms with Gasteiger partial charge in [-0.25, -0.2) is 4.39 Å². The van der Waals surface area contributed by atoms with Gasteiger partial charge in [0.25, 0.3) is 0 Å². The lowest BCUT2D eigenvalue weighted by molar-refractivity contribution is 0.111. The molecule has 0 fully saturated rings. The molecule has 0 N–H and O–H groups in total. The summed E-state index contributed by atoms with van der Waals surface area (Å²) in [4.78, 5) is 10.4. The molecule has 0 spiro atoms. The highest BCUT2D eigenvalue weighted by atomic mass is 79.9. The number of halogens is 2. The normalized spacial score (nSPS) is 9.58. The van der Waals surface area contributed by atoms with E-state index in [1.54, 1.807) is 0 Å². The fourth-order valence-corrected chi connectivity index (χ4v) is 1.33.